The third-order valence-electron chi connectivity index (χ3n) is 3.70. The van der Waals surface area contributed by atoms with Crippen LogP contribution >= 0.6 is 0 Å². The molecule has 0 fully saturated rings. The molecule has 0 unspecified atom stereocenters. The summed E-state index contributed by atoms with van der Waals surface area (Å²) in [4.78, 5) is 13.6. The Hall–Kier alpha value is -1.97. The van der Waals surface area contributed by atoms with E-state index in [1.165, 1.54) is 23.2 Å². The van der Waals surface area contributed by atoms with Crippen molar-refractivity contribution in [1.82, 2.24) is 15.0 Å². The highest BCUT2D eigenvalue weighted by atomic mass is 15.0. The molecule has 4 nitrogen and oxygen atoms in total. The fourth-order valence-corrected chi connectivity index (χ4v) is 2.69. The maximum absolute atomic E-state index is 4.76. The van der Waals surface area contributed by atoms with Gasteiger partial charge in [0.1, 0.15) is 5.82 Å². The van der Waals surface area contributed by atoms with Gasteiger partial charge in [-0.15, -0.1) is 0 Å². The molecule has 0 atom stereocenters. The highest BCUT2D eigenvalue weighted by Crippen LogP contribution is 2.29. The smallest absolute Gasteiger partial charge is 0.162 e. The van der Waals surface area contributed by atoms with Crippen molar-refractivity contribution in [3.63, 3.8) is 0 Å². The van der Waals surface area contributed by atoms with Crippen LogP contribution in [0.4, 0.5) is 5.82 Å². The molecule has 4 heteroatoms. The fourth-order valence-electron chi connectivity index (χ4n) is 2.69. The monoisotopic (exact) mass is 254 g/mol. The van der Waals surface area contributed by atoms with E-state index in [0.717, 1.165) is 36.5 Å². The summed E-state index contributed by atoms with van der Waals surface area (Å²) in [6.45, 7) is 2.13. The summed E-state index contributed by atoms with van der Waals surface area (Å²) in [5.74, 6) is 1.81. The van der Waals surface area contributed by atoms with Gasteiger partial charge in [-0.3, -0.25) is 4.98 Å². The maximum Gasteiger partial charge on any atom is 0.162 e. The van der Waals surface area contributed by atoms with Gasteiger partial charge in [0.05, 0.1) is 0 Å². The number of aryl methyl sites for hydroxylation is 2. The van der Waals surface area contributed by atoms with Crippen LogP contribution in [0.2, 0.25) is 0 Å². The van der Waals surface area contributed by atoms with Gasteiger partial charge in [0.25, 0.3) is 0 Å². The predicted molar refractivity (Wildman–Crippen MR) is 76.2 cm³/mol. The summed E-state index contributed by atoms with van der Waals surface area (Å²) < 4.78 is 0. The molecule has 0 saturated carbocycles. The lowest BCUT2D eigenvalue weighted by molar-refractivity contribution is 0.899. The third kappa shape index (κ3) is 2.07. The molecule has 2 aromatic rings. The SMILES string of the molecule is CCc1cnccc1-c1nc2c(c(NC)n1)CCC2. The van der Waals surface area contributed by atoms with Crippen molar-refractivity contribution in [2.75, 3.05) is 12.4 Å². The number of hydrogen-bond donors (Lipinski definition) is 1. The van der Waals surface area contributed by atoms with E-state index >= 15 is 0 Å². The number of aromatic nitrogens is 3. The summed E-state index contributed by atoms with van der Waals surface area (Å²) >= 11 is 0. The molecule has 0 saturated heterocycles. The first-order valence-corrected chi connectivity index (χ1v) is 6.84. The van der Waals surface area contributed by atoms with Gasteiger partial charge in [-0.2, -0.15) is 0 Å². The van der Waals surface area contributed by atoms with Gasteiger partial charge in [0.15, 0.2) is 5.82 Å². The van der Waals surface area contributed by atoms with Crippen LogP contribution in [-0.4, -0.2) is 22.0 Å². The average Bonchev–Trinajstić information content (AvgIpc) is 2.94. The Kier molecular flexibility index (Phi) is 3.15. The molecule has 0 spiro atoms. The third-order valence-corrected chi connectivity index (χ3v) is 3.70. The molecule has 1 aliphatic rings. The molecule has 2 heterocycles. The summed E-state index contributed by atoms with van der Waals surface area (Å²) in [5.41, 5.74) is 4.79. The van der Waals surface area contributed by atoms with Gasteiger partial charge in [-0.25, -0.2) is 9.97 Å². The number of nitrogens with one attached hydrogen (secondary N) is 1. The zero-order chi connectivity index (χ0) is 13.2. The van der Waals surface area contributed by atoms with Crippen LogP contribution in [0.15, 0.2) is 18.5 Å². The molecule has 1 aliphatic carbocycles. The van der Waals surface area contributed by atoms with E-state index in [1.54, 1.807) is 0 Å². The molecular weight excluding hydrogens is 236 g/mol. The van der Waals surface area contributed by atoms with E-state index in [4.69, 9.17) is 9.97 Å². The molecule has 0 aliphatic heterocycles. The highest BCUT2D eigenvalue weighted by Gasteiger charge is 2.19. The quantitative estimate of drug-likeness (QED) is 0.914. The number of nitrogens with zero attached hydrogens (tertiary/aromatic N) is 3. The Labute approximate surface area is 113 Å². The van der Waals surface area contributed by atoms with Gasteiger partial charge in [-0.1, -0.05) is 6.92 Å². The van der Waals surface area contributed by atoms with Gasteiger partial charge in [0, 0.05) is 36.3 Å². The number of pyridine rings is 1. The summed E-state index contributed by atoms with van der Waals surface area (Å²) in [6, 6.07) is 2.01. The lowest BCUT2D eigenvalue weighted by Crippen LogP contribution is -2.04. The predicted octanol–water partition coefficient (Wildman–Crippen LogP) is 2.63. The van der Waals surface area contributed by atoms with Crippen LogP contribution in [0.3, 0.4) is 0 Å². The normalized spacial score (nSPS) is 13.4. The first-order valence-electron chi connectivity index (χ1n) is 6.84. The first-order chi connectivity index (χ1) is 9.33. The molecule has 98 valence electrons. The maximum atomic E-state index is 4.76. The Morgan fingerprint density at radius 2 is 2.16 bits per heavy atom. The van der Waals surface area contributed by atoms with Gasteiger partial charge in [0.2, 0.25) is 0 Å². The Bertz CT molecular complexity index is 607. The molecule has 19 heavy (non-hydrogen) atoms. The van der Waals surface area contributed by atoms with Crippen molar-refractivity contribution >= 4 is 5.82 Å². The first kappa shape index (κ1) is 12.1. The summed E-state index contributed by atoms with van der Waals surface area (Å²) in [5, 5.41) is 3.21. The number of hydrogen-bond acceptors (Lipinski definition) is 4. The van der Waals surface area contributed by atoms with Crippen LogP contribution in [-0.2, 0) is 19.3 Å². The second kappa shape index (κ2) is 4.96. The van der Waals surface area contributed by atoms with Gasteiger partial charge in [-0.05, 0) is 37.3 Å². The van der Waals surface area contributed by atoms with E-state index in [2.05, 4.69) is 17.2 Å². The Morgan fingerprint density at radius 1 is 1.26 bits per heavy atom. The fraction of sp³-hybridized carbons (Fsp3) is 0.400. The second-order valence-corrected chi connectivity index (χ2v) is 4.81. The number of anilines is 1. The van der Waals surface area contributed by atoms with Crippen molar-refractivity contribution in [2.24, 2.45) is 0 Å². The van der Waals surface area contributed by atoms with E-state index < -0.39 is 0 Å². The lowest BCUT2D eigenvalue weighted by Gasteiger charge is -2.11. The number of fused-ring (bicyclic) bond motifs is 1. The molecular formula is C15H18N4. The van der Waals surface area contributed by atoms with Crippen molar-refractivity contribution in [3.05, 3.63) is 35.3 Å². The van der Waals surface area contributed by atoms with Gasteiger partial charge < -0.3 is 5.32 Å². The van der Waals surface area contributed by atoms with Crippen molar-refractivity contribution in [3.8, 4) is 11.4 Å². The molecule has 1 N–H and O–H groups in total. The van der Waals surface area contributed by atoms with Crippen LogP contribution in [0.25, 0.3) is 11.4 Å². The zero-order valence-corrected chi connectivity index (χ0v) is 11.4. The summed E-state index contributed by atoms with van der Waals surface area (Å²) in [6.07, 6.45) is 7.99. The Balaban J connectivity index is 2.15. The topological polar surface area (TPSA) is 50.7 Å². The van der Waals surface area contributed by atoms with Crippen molar-refractivity contribution in [2.45, 2.75) is 32.6 Å². The minimum absolute atomic E-state index is 0.823. The van der Waals surface area contributed by atoms with Crippen molar-refractivity contribution < 1.29 is 0 Å². The lowest BCUT2D eigenvalue weighted by atomic mass is 10.1. The highest BCUT2D eigenvalue weighted by molar-refractivity contribution is 5.63. The molecule has 0 amide bonds. The van der Waals surface area contributed by atoms with E-state index in [0.29, 0.717) is 0 Å². The van der Waals surface area contributed by atoms with Crippen LogP contribution < -0.4 is 5.32 Å². The van der Waals surface area contributed by atoms with Crippen LogP contribution in [0.5, 0.6) is 0 Å². The minimum atomic E-state index is 0.823. The van der Waals surface area contributed by atoms with Gasteiger partial charge >= 0.3 is 0 Å². The van der Waals surface area contributed by atoms with Crippen molar-refractivity contribution in [1.29, 1.82) is 0 Å². The average molecular weight is 254 g/mol. The molecule has 0 aromatic carbocycles. The Morgan fingerprint density at radius 3 is 2.95 bits per heavy atom. The molecule has 0 radical (unpaired) electrons. The zero-order valence-electron chi connectivity index (χ0n) is 11.4. The molecule has 3 rings (SSSR count). The standard InChI is InChI=1S/C15H18N4/c1-3-10-9-17-8-7-11(10)15-18-13-6-4-5-12(13)14(16-2)19-15/h7-9H,3-6H2,1-2H3,(H,16,18,19). The van der Waals surface area contributed by atoms with E-state index in [-0.39, 0.29) is 0 Å². The second-order valence-electron chi connectivity index (χ2n) is 4.81. The molecule has 2 aromatic heterocycles. The number of rotatable bonds is 3. The molecule has 0 bridgehead atoms. The van der Waals surface area contributed by atoms with E-state index in [9.17, 15) is 0 Å². The minimum Gasteiger partial charge on any atom is -0.373 e. The van der Waals surface area contributed by atoms with Crippen LogP contribution in [0.1, 0.15) is 30.2 Å². The largest absolute Gasteiger partial charge is 0.373 e. The summed E-state index contributed by atoms with van der Waals surface area (Å²) in [7, 11) is 1.93. The van der Waals surface area contributed by atoms with E-state index in [1.807, 2.05) is 25.5 Å². The van der Waals surface area contributed by atoms with Crippen LogP contribution in [0, 0.1) is 0 Å².